The summed E-state index contributed by atoms with van der Waals surface area (Å²) in [7, 11) is 1.71. The number of methoxy groups -OCH3 is 1. The highest BCUT2D eigenvalue weighted by Crippen LogP contribution is 2.14. The molecule has 0 aromatic heterocycles. The first-order valence-corrected chi connectivity index (χ1v) is 2.07. The molecule has 1 N–H and O–H groups in total. The largest absolute Gasteiger partial charge is 0.363 e. The molecule has 0 aromatic carbocycles. The minimum Gasteiger partial charge on any atom is -0.363 e. The van der Waals surface area contributed by atoms with Crippen LogP contribution in [0.15, 0.2) is 0 Å². The first-order valence-electron chi connectivity index (χ1n) is 2.07. The Kier molecular flexibility index (Phi) is 0.648. The molecule has 0 radical (unpaired) electrons. The molecule has 0 aliphatic carbocycles. The van der Waals surface area contributed by atoms with Crippen LogP contribution in [0.25, 0.3) is 0 Å². The fourth-order valence-electron chi connectivity index (χ4n) is 0.269. The van der Waals surface area contributed by atoms with Crippen LogP contribution in [0.2, 0.25) is 0 Å². The molecule has 0 saturated carbocycles. The molecule has 1 atom stereocenters. The molecule has 1 rings (SSSR count). The van der Waals surface area contributed by atoms with Gasteiger partial charge in [-0.25, -0.2) is 0 Å². The molecule has 0 bridgehead atoms. The Labute approximate surface area is 37.5 Å². The van der Waals surface area contributed by atoms with Gasteiger partial charge in [-0.05, 0) is 6.92 Å². The van der Waals surface area contributed by atoms with E-state index < -0.39 is 0 Å². The molecule has 2 nitrogen and oxygen atoms in total. The number of rotatable bonds is 1. The van der Waals surface area contributed by atoms with E-state index in [4.69, 9.17) is 4.74 Å². The van der Waals surface area contributed by atoms with Crippen molar-refractivity contribution < 1.29 is 4.74 Å². The molecule has 1 aliphatic heterocycles. The molecular formula is C4H9NO. The molecule has 0 spiro atoms. The predicted molar refractivity (Wildman–Crippen MR) is 23.4 cm³/mol. The minimum absolute atomic E-state index is 0.0417. The smallest absolute Gasteiger partial charge is 0.128 e. The number of ether oxygens (including phenoxy) is 1. The number of nitrogens with one attached hydrogen (secondary N) is 1. The zero-order valence-corrected chi connectivity index (χ0v) is 4.12. The highest BCUT2D eigenvalue weighted by atomic mass is 16.5. The van der Waals surface area contributed by atoms with E-state index in [1.807, 2.05) is 6.92 Å². The lowest BCUT2D eigenvalue weighted by atomic mass is 10.5. The van der Waals surface area contributed by atoms with Crippen LogP contribution in [0.3, 0.4) is 0 Å². The lowest BCUT2D eigenvalue weighted by Gasteiger charge is -1.98. The molecule has 1 heterocycles. The van der Waals surface area contributed by atoms with Gasteiger partial charge in [0.05, 0.1) is 0 Å². The van der Waals surface area contributed by atoms with Crippen LogP contribution < -0.4 is 5.32 Å². The van der Waals surface area contributed by atoms with E-state index in [0.29, 0.717) is 0 Å². The summed E-state index contributed by atoms with van der Waals surface area (Å²) >= 11 is 0. The fraction of sp³-hybridized carbons (Fsp3) is 1.00. The summed E-state index contributed by atoms with van der Waals surface area (Å²) in [6.45, 7) is 3.02. The van der Waals surface area contributed by atoms with E-state index in [1.165, 1.54) is 0 Å². The van der Waals surface area contributed by atoms with Gasteiger partial charge in [0.25, 0.3) is 0 Å². The van der Waals surface area contributed by atoms with Crippen molar-refractivity contribution in [3.63, 3.8) is 0 Å². The van der Waals surface area contributed by atoms with Crippen molar-refractivity contribution in [1.29, 1.82) is 0 Å². The van der Waals surface area contributed by atoms with E-state index >= 15 is 0 Å². The van der Waals surface area contributed by atoms with Gasteiger partial charge < -0.3 is 4.74 Å². The standard InChI is InChI=1S/C4H9NO/c1-4(6-2)3-5-4/h5H,3H2,1-2H3. The molecule has 6 heavy (non-hydrogen) atoms. The summed E-state index contributed by atoms with van der Waals surface area (Å²) < 4.78 is 4.94. The highest BCUT2D eigenvalue weighted by molar-refractivity contribution is 4.89. The topological polar surface area (TPSA) is 31.2 Å². The van der Waals surface area contributed by atoms with Crippen molar-refractivity contribution >= 4 is 0 Å². The van der Waals surface area contributed by atoms with Crippen LogP contribution in [0.1, 0.15) is 6.92 Å². The average Bonchev–Trinajstić information content (AvgIpc) is 2.22. The van der Waals surface area contributed by atoms with Gasteiger partial charge >= 0.3 is 0 Å². The quantitative estimate of drug-likeness (QED) is 0.455. The lowest BCUT2D eigenvalue weighted by molar-refractivity contribution is 0.0928. The molecule has 36 valence electrons. The maximum absolute atomic E-state index is 4.94. The van der Waals surface area contributed by atoms with E-state index in [1.54, 1.807) is 7.11 Å². The lowest BCUT2D eigenvalue weighted by Crippen LogP contribution is -2.10. The molecule has 1 saturated heterocycles. The van der Waals surface area contributed by atoms with Crippen molar-refractivity contribution in [3.8, 4) is 0 Å². The Hall–Kier alpha value is -0.0800. The SMILES string of the molecule is COC1(C)CN1. The van der Waals surface area contributed by atoms with E-state index in [9.17, 15) is 0 Å². The maximum atomic E-state index is 4.94. The second-order valence-electron chi connectivity index (χ2n) is 1.79. The van der Waals surface area contributed by atoms with Gasteiger partial charge in [-0.1, -0.05) is 0 Å². The van der Waals surface area contributed by atoms with Crippen molar-refractivity contribution in [2.75, 3.05) is 13.7 Å². The molecule has 2 heteroatoms. The summed E-state index contributed by atoms with van der Waals surface area (Å²) in [4.78, 5) is 0. The van der Waals surface area contributed by atoms with Gasteiger partial charge in [-0.15, -0.1) is 0 Å². The molecule has 1 unspecified atom stereocenters. The van der Waals surface area contributed by atoms with Crippen LogP contribution >= 0.6 is 0 Å². The number of hydrogen-bond donors (Lipinski definition) is 1. The van der Waals surface area contributed by atoms with Crippen LogP contribution in [-0.4, -0.2) is 19.4 Å². The van der Waals surface area contributed by atoms with Gasteiger partial charge in [0.15, 0.2) is 0 Å². The van der Waals surface area contributed by atoms with Gasteiger partial charge in [0, 0.05) is 13.7 Å². The number of hydrogen-bond acceptors (Lipinski definition) is 2. The Morgan fingerprint density at radius 2 is 2.33 bits per heavy atom. The summed E-state index contributed by atoms with van der Waals surface area (Å²) in [5, 5.41) is 3.04. The Morgan fingerprint density at radius 1 is 1.83 bits per heavy atom. The zero-order chi connectivity index (χ0) is 4.62. The average molecular weight is 87.1 g/mol. The third-order valence-corrected chi connectivity index (χ3v) is 1.13. The normalized spacial score (nSPS) is 43.0. The maximum Gasteiger partial charge on any atom is 0.128 e. The Balaban J connectivity index is 2.28. The van der Waals surface area contributed by atoms with E-state index in [0.717, 1.165) is 6.54 Å². The molecule has 1 fully saturated rings. The van der Waals surface area contributed by atoms with Crippen molar-refractivity contribution in [3.05, 3.63) is 0 Å². The zero-order valence-electron chi connectivity index (χ0n) is 4.12. The molecule has 1 aliphatic rings. The molecule has 0 aromatic rings. The second-order valence-corrected chi connectivity index (χ2v) is 1.79. The summed E-state index contributed by atoms with van der Waals surface area (Å²) in [6, 6.07) is 0. The summed E-state index contributed by atoms with van der Waals surface area (Å²) in [5.41, 5.74) is 0.0417. The van der Waals surface area contributed by atoms with Crippen LogP contribution in [0, 0.1) is 0 Å². The van der Waals surface area contributed by atoms with Crippen LogP contribution in [0.5, 0.6) is 0 Å². The Morgan fingerprint density at radius 3 is 2.33 bits per heavy atom. The first kappa shape index (κ1) is 4.09. The second kappa shape index (κ2) is 0.950. The van der Waals surface area contributed by atoms with E-state index in [2.05, 4.69) is 5.32 Å². The minimum atomic E-state index is 0.0417. The third kappa shape index (κ3) is 0.533. The van der Waals surface area contributed by atoms with E-state index in [-0.39, 0.29) is 5.72 Å². The highest BCUT2D eigenvalue weighted by Gasteiger charge is 2.35. The summed E-state index contributed by atoms with van der Waals surface area (Å²) in [6.07, 6.45) is 0. The molecule has 0 amide bonds. The third-order valence-electron chi connectivity index (χ3n) is 1.13. The van der Waals surface area contributed by atoms with Crippen molar-refractivity contribution in [2.45, 2.75) is 12.6 Å². The first-order chi connectivity index (χ1) is 2.77. The van der Waals surface area contributed by atoms with Crippen molar-refractivity contribution in [2.24, 2.45) is 0 Å². The van der Waals surface area contributed by atoms with Crippen molar-refractivity contribution in [1.82, 2.24) is 5.32 Å². The predicted octanol–water partition coefficient (Wildman–Crippen LogP) is -0.0478. The monoisotopic (exact) mass is 87.1 g/mol. The van der Waals surface area contributed by atoms with Gasteiger partial charge in [0.2, 0.25) is 0 Å². The van der Waals surface area contributed by atoms with Gasteiger partial charge in [-0.3, -0.25) is 5.32 Å². The van der Waals surface area contributed by atoms with Gasteiger partial charge in [-0.2, -0.15) is 0 Å². The fourth-order valence-corrected chi connectivity index (χ4v) is 0.269. The van der Waals surface area contributed by atoms with Gasteiger partial charge in [0.1, 0.15) is 5.72 Å². The van der Waals surface area contributed by atoms with Crippen LogP contribution in [0.4, 0.5) is 0 Å². The molecular weight excluding hydrogens is 78.0 g/mol. The Bertz CT molecular complexity index is 58.6. The summed E-state index contributed by atoms with van der Waals surface area (Å²) in [5.74, 6) is 0. The van der Waals surface area contributed by atoms with Crippen LogP contribution in [-0.2, 0) is 4.74 Å².